The zero-order valence-electron chi connectivity index (χ0n) is 13.5. The molecule has 3 rings (SSSR count). The molecule has 0 saturated carbocycles. The molecule has 24 heavy (non-hydrogen) atoms. The highest BCUT2D eigenvalue weighted by Crippen LogP contribution is 2.21. The summed E-state index contributed by atoms with van der Waals surface area (Å²) in [5.41, 5.74) is 1.63. The maximum atomic E-state index is 13.0. The third-order valence-electron chi connectivity index (χ3n) is 4.23. The number of rotatable bonds is 5. The number of halogens is 1. The van der Waals surface area contributed by atoms with Crippen LogP contribution in [0, 0.1) is 5.82 Å². The molecule has 1 saturated heterocycles. The smallest absolute Gasteiger partial charge is 0.251 e. The van der Waals surface area contributed by atoms with Gasteiger partial charge in [-0.15, -0.1) is 0 Å². The number of nitrogens with one attached hydrogen (secondary N) is 1. The average Bonchev–Trinajstić information content (AvgIpc) is 2.64. The summed E-state index contributed by atoms with van der Waals surface area (Å²) < 4.78 is 18.4. The van der Waals surface area contributed by atoms with Crippen molar-refractivity contribution < 1.29 is 13.9 Å². The van der Waals surface area contributed by atoms with Crippen LogP contribution in [0.2, 0.25) is 0 Å². The molecule has 1 N–H and O–H groups in total. The van der Waals surface area contributed by atoms with Crippen molar-refractivity contribution in [1.29, 1.82) is 0 Å². The van der Waals surface area contributed by atoms with Gasteiger partial charge in [0, 0.05) is 25.2 Å². The predicted octanol–water partition coefficient (Wildman–Crippen LogP) is 2.63. The fraction of sp³-hybridized carbons (Fsp3) is 0.316. The second-order valence-corrected chi connectivity index (χ2v) is 5.79. The van der Waals surface area contributed by atoms with Crippen LogP contribution in [0.5, 0.6) is 0 Å². The molecule has 0 aliphatic carbocycles. The summed E-state index contributed by atoms with van der Waals surface area (Å²) in [5.74, 6) is -0.536. The molecule has 2 aromatic carbocycles. The number of morpholine rings is 1. The lowest BCUT2D eigenvalue weighted by molar-refractivity contribution is 0.0162. The molecule has 0 radical (unpaired) electrons. The van der Waals surface area contributed by atoms with E-state index in [9.17, 15) is 9.18 Å². The number of carbonyl (C=O) groups excluding carboxylic acids is 1. The standard InChI is InChI=1S/C19H21FN2O2/c20-17-8-6-16(7-9-17)19(23)21-14-18(15-4-2-1-3-5-15)22-10-12-24-13-11-22/h1-9,18H,10-14H2,(H,21,23)/t18-/m1/s1. The molecule has 0 unspecified atom stereocenters. The molecule has 5 heteroatoms. The molecule has 1 heterocycles. The Morgan fingerprint density at radius 2 is 1.75 bits per heavy atom. The van der Waals surface area contributed by atoms with E-state index in [0.29, 0.717) is 25.3 Å². The van der Waals surface area contributed by atoms with E-state index in [1.807, 2.05) is 18.2 Å². The second kappa shape index (κ2) is 8.04. The van der Waals surface area contributed by atoms with Crippen molar-refractivity contribution in [3.63, 3.8) is 0 Å². The minimum absolute atomic E-state index is 0.0968. The highest BCUT2D eigenvalue weighted by molar-refractivity contribution is 5.94. The van der Waals surface area contributed by atoms with Gasteiger partial charge in [0.2, 0.25) is 0 Å². The lowest BCUT2D eigenvalue weighted by Gasteiger charge is -2.35. The Hall–Kier alpha value is -2.24. The van der Waals surface area contributed by atoms with Crippen LogP contribution in [0.15, 0.2) is 54.6 Å². The van der Waals surface area contributed by atoms with Crippen LogP contribution in [0.4, 0.5) is 4.39 Å². The van der Waals surface area contributed by atoms with Crippen molar-refractivity contribution in [1.82, 2.24) is 10.2 Å². The molecule has 1 aliphatic heterocycles. The molecule has 0 spiro atoms. The Labute approximate surface area is 141 Å². The summed E-state index contributed by atoms with van der Waals surface area (Å²) >= 11 is 0. The molecular weight excluding hydrogens is 307 g/mol. The second-order valence-electron chi connectivity index (χ2n) is 5.79. The van der Waals surface area contributed by atoms with Gasteiger partial charge in [0.15, 0.2) is 0 Å². The van der Waals surface area contributed by atoms with Crippen LogP contribution in [-0.4, -0.2) is 43.7 Å². The normalized spacial score (nSPS) is 16.5. The van der Waals surface area contributed by atoms with Crippen LogP contribution in [0.25, 0.3) is 0 Å². The fourth-order valence-corrected chi connectivity index (χ4v) is 2.91. The van der Waals surface area contributed by atoms with E-state index < -0.39 is 0 Å². The topological polar surface area (TPSA) is 41.6 Å². The van der Waals surface area contributed by atoms with Gasteiger partial charge in [-0.05, 0) is 29.8 Å². The summed E-state index contributed by atoms with van der Waals surface area (Å²) in [6, 6.07) is 15.8. The summed E-state index contributed by atoms with van der Waals surface area (Å²) in [4.78, 5) is 14.6. The van der Waals surface area contributed by atoms with E-state index >= 15 is 0 Å². The van der Waals surface area contributed by atoms with E-state index in [1.54, 1.807) is 0 Å². The molecule has 1 aliphatic rings. The fourth-order valence-electron chi connectivity index (χ4n) is 2.91. The number of ether oxygens (including phenoxy) is 1. The summed E-state index contributed by atoms with van der Waals surface area (Å²) in [7, 11) is 0. The van der Waals surface area contributed by atoms with Gasteiger partial charge in [0.05, 0.1) is 19.3 Å². The van der Waals surface area contributed by atoms with Gasteiger partial charge in [-0.3, -0.25) is 9.69 Å². The van der Waals surface area contributed by atoms with E-state index in [-0.39, 0.29) is 17.8 Å². The quantitative estimate of drug-likeness (QED) is 0.917. The van der Waals surface area contributed by atoms with E-state index in [4.69, 9.17) is 4.74 Å². The maximum absolute atomic E-state index is 13.0. The van der Waals surface area contributed by atoms with Gasteiger partial charge in [-0.25, -0.2) is 4.39 Å². The first-order valence-corrected chi connectivity index (χ1v) is 8.14. The third kappa shape index (κ3) is 4.19. The molecule has 1 fully saturated rings. The highest BCUT2D eigenvalue weighted by atomic mass is 19.1. The van der Waals surface area contributed by atoms with Gasteiger partial charge < -0.3 is 10.1 Å². The van der Waals surface area contributed by atoms with E-state index in [2.05, 4.69) is 22.3 Å². The Morgan fingerprint density at radius 1 is 1.08 bits per heavy atom. The Bertz CT molecular complexity index is 655. The molecule has 0 aromatic heterocycles. The predicted molar refractivity (Wildman–Crippen MR) is 90.3 cm³/mol. The average molecular weight is 328 g/mol. The number of carbonyl (C=O) groups is 1. The van der Waals surface area contributed by atoms with Crippen molar-refractivity contribution in [3.05, 3.63) is 71.5 Å². The van der Waals surface area contributed by atoms with Crippen LogP contribution in [0.1, 0.15) is 22.0 Å². The largest absolute Gasteiger partial charge is 0.379 e. The minimum Gasteiger partial charge on any atom is -0.379 e. The van der Waals surface area contributed by atoms with Gasteiger partial charge in [0.25, 0.3) is 5.91 Å². The molecule has 2 aromatic rings. The lowest BCUT2D eigenvalue weighted by Crippen LogP contribution is -2.43. The Kier molecular flexibility index (Phi) is 5.56. The van der Waals surface area contributed by atoms with Gasteiger partial charge in [-0.1, -0.05) is 30.3 Å². The zero-order chi connectivity index (χ0) is 16.8. The maximum Gasteiger partial charge on any atom is 0.251 e. The molecule has 0 bridgehead atoms. The van der Waals surface area contributed by atoms with Crippen LogP contribution < -0.4 is 5.32 Å². The SMILES string of the molecule is O=C(NC[C@H](c1ccccc1)N1CCOCC1)c1ccc(F)cc1. The number of hydrogen-bond donors (Lipinski definition) is 1. The molecular formula is C19H21FN2O2. The van der Waals surface area contributed by atoms with Crippen molar-refractivity contribution in [2.24, 2.45) is 0 Å². The zero-order valence-corrected chi connectivity index (χ0v) is 13.5. The van der Waals surface area contributed by atoms with Crippen LogP contribution >= 0.6 is 0 Å². The number of hydrogen-bond acceptors (Lipinski definition) is 3. The van der Waals surface area contributed by atoms with Crippen molar-refractivity contribution in [2.75, 3.05) is 32.8 Å². The Balaban J connectivity index is 1.69. The lowest BCUT2D eigenvalue weighted by atomic mass is 10.0. The third-order valence-corrected chi connectivity index (χ3v) is 4.23. The van der Waals surface area contributed by atoms with Crippen molar-refractivity contribution in [3.8, 4) is 0 Å². The first-order chi connectivity index (χ1) is 11.7. The molecule has 126 valence electrons. The monoisotopic (exact) mass is 328 g/mol. The van der Waals surface area contributed by atoms with Crippen LogP contribution in [-0.2, 0) is 4.74 Å². The van der Waals surface area contributed by atoms with E-state index in [1.165, 1.54) is 29.8 Å². The first kappa shape index (κ1) is 16.6. The molecule has 4 nitrogen and oxygen atoms in total. The van der Waals surface area contributed by atoms with Crippen molar-refractivity contribution in [2.45, 2.75) is 6.04 Å². The molecule has 1 atom stereocenters. The Morgan fingerprint density at radius 3 is 2.42 bits per heavy atom. The first-order valence-electron chi connectivity index (χ1n) is 8.14. The summed E-state index contributed by atoms with van der Waals surface area (Å²) in [6.45, 7) is 3.59. The number of benzene rings is 2. The number of amides is 1. The van der Waals surface area contributed by atoms with Gasteiger partial charge in [-0.2, -0.15) is 0 Å². The molecule has 1 amide bonds. The minimum atomic E-state index is -0.345. The van der Waals surface area contributed by atoms with Crippen LogP contribution in [0.3, 0.4) is 0 Å². The summed E-state index contributed by atoms with van der Waals surface area (Å²) in [6.07, 6.45) is 0. The highest BCUT2D eigenvalue weighted by Gasteiger charge is 2.23. The summed E-state index contributed by atoms with van der Waals surface area (Å²) in [5, 5.41) is 2.97. The number of nitrogens with zero attached hydrogens (tertiary/aromatic N) is 1. The van der Waals surface area contributed by atoms with E-state index in [0.717, 1.165) is 13.1 Å². The van der Waals surface area contributed by atoms with Crippen molar-refractivity contribution >= 4 is 5.91 Å². The van der Waals surface area contributed by atoms with Gasteiger partial charge >= 0.3 is 0 Å². The van der Waals surface area contributed by atoms with Gasteiger partial charge in [0.1, 0.15) is 5.82 Å².